The Kier molecular flexibility index (Phi) is 5.69. The third-order valence-electron chi connectivity index (χ3n) is 4.19. The number of hydrogen-bond acceptors (Lipinski definition) is 5. The van der Waals surface area contributed by atoms with Crippen LogP contribution in [0, 0.1) is 0 Å². The molecule has 2 saturated heterocycles. The number of carboxylic acid groups (broad SMARTS) is 1. The van der Waals surface area contributed by atoms with E-state index in [4.69, 9.17) is 0 Å². The summed E-state index contributed by atoms with van der Waals surface area (Å²) in [6, 6.07) is 7.61. The van der Waals surface area contributed by atoms with Gasteiger partial charge in [-0.3, -0.25) is 9.59 Å². The maximum Gasteiger partial charge on any atom is 1.00 e. The zero-order chi connectivity index (χ0) is 16.8. The SMILES string of the molecule is CC1(C)S[C@@H]2C(NC(=O)Cc3ccccc3)C(=O)N2C1C(=O)[O-].[Na+]. The van der Waals surface area contributed by atoms with Crippen LogP contribution >= 0.6 is 11.8 Å². The summed E-state index contributed by atoms with van der Waals surface area (Å²) in [6.07, 6.45) is 0.190. The molecule has 0 aliphatic carbocycles. The van der Waals surface area contributed by atoms with E-state index in [1.807, 2.05) is 30.3 Å². The Labute approximate surface area is 166 Å². The van der Waals surface area contributed by atoms with E-state index in [9.17, 15) is 19.5 Å². The first kappa shape index (κ1) is 19.3. The molecule has 0 saturated carbocycles. The summed E-state index contributed by atoms with van der Waals surface area (Å²) < 4.78 is -0.641. The van der Waals surface area contributed by atoms with Crippen molar-refractivity contribution in [2.45, 2.75) is 42.5 Å². The minimum Gasteiger partial charge on any atom is -0.548 e. The number of carboxylic acids is 1. The number of nitrogens with zero attached hydrogens (tertiary/aromatic N) is 1. The third-order valence-corrected chi connectivity index (χ3v) is 5.76. The fraction of sp³-hybridized carbons (Fsp3) is 0.438. The summed E-state index contributed by atoms with van der Waals surface area (Å²) in [6.45, 7) is 3.54. The number of carbonyl (C=O) groups excluding carboxylic acids is 3. The van der Waals surface area contributed by atoms with E-state index in [2.05, 4.69) is 5.32 Å². The Morgan fingerprint density at radius 2 is 1.92 bits per heavy atom. The molecule has 3 atom stereocenters. The molecule has 122 valence electrons. The molecular formula is C16H17N2NaO4S. The first-order valence-electron chi connectivity index (χ1n) is 7.35. The second-order valence-electron chi connectivity index (χ2n) is 6.29. The van der Waals surface area contributed by atoms with Gasteiger partial charge >= 0.3 is 29.6 Å². The van der Waals surface area contributed by atoms with Crippen molar-refractivity contribution in [1.82, 2.24) is 10.2 Å². The number of benzene rings is 1. The van der Waals surface area contributed by atoms with E-state index in [-0.39, 0.29) is 53.2 Å². The number of fused-ring (bicyclic) bond motifs is 1. The maximum absolute atomic E-state index is 12.2. The standard InChI is InChI=1S/C16H18N2O4S.Na/c1-16(2)12(15(21)22)18-13(20)11(14(18)23-16)17-10(19)8-9-6-4-3-5-7-9;/h3-7,11-12,14H,8H2,1-2H3,(H,17,19)(H,21,22);/q;+1/p-1/t11?,12?,14-;/m1./s1. The molecule has 2 heterocycles. The van der Waals surface area contributed by atoms with E-state index in [0.717, 1.165) is 5.56 Å². The van der Waals surface area contributed by atoms with Gasteiger partial charge in [0.25, 0.3) is 0 Å². The number of amides is 2. The fourth-order valence-corrected chi connectivity index (χ4v) is 4.75. The molecule has 8 heteroatoms. The summed E-state index contributed by atoms with van der Waals surface area (Å²) in [5.74, 6) is -1.86. The van der Waals surface area contributed by atoms with Gasteiger partial charge in [-0.05, 0) is 19.4 Å². The predicted octanol–water partition coefficient (Wildman–Crippen LogP) is -3.47. The Balaban J connectivity index is 0.00000208. The van der Waals surface area contributed by atoms with Gasteiger partial charge in [0.2, 0.25) is 11.8 Å². The van der Waals surface area contributed by atoms with Crippen molar-refractivity contribution in [3.8, 4) is 0 Å². The van der Waals surface area contributed by atoms with Crippen LogP contribution < -0.4 is 40.0 Å². The molecule has 0 radical (unpaired) electrons. The van der Waals surface area contributed by atoms with Crippen LogP contribution in [0.1, 0.15) is 19.4 Å². The molecule has 1 aromatic rings. The maximum atomic E-state index is 12.2. The summed E-state index contributed by atoms with van der Waals surface area (Å²) in [4.78, 5) is 37.0. The zero-order valence-corrected chi connectivity index (χ0v) is 16.6. The van der Waals surface area contributed by atoms with Gasteiger partial charge in [0.05, 0.1) is 18.4 Å². The molecule has 1 N–H and O–H groups in total. The third kappa shape index (κ3) is 3.35. The van der Waals surface area contributed by atoms with Gasteiger partial charge in [0, 0.05) is 4.75 Å². The number of hydrogen-bond donors (Lipinski definition) is 1. The van der Waals surface area contributed by atoms with Gasteiger partial charge in [0.1, 0.15) is 11.4 Å². The molecule has 1 aromatic carbocycles. The number of nitrogens with one attached hydrogen (secondary N) is 1. The quantitative estimate of drug-likeness (QED) is 0.447. The number of rotatable bonds is 4. The molecule has 2 amide bonds. The van der Waals surface area contributed by atoms with Gasteiger partial charge in [-0.2, -0.15) is 0 Å². The molecule has 0 aromatic heterocycles. The first-order chi connectivity index (χ1) is 10.8. The summed E-state index contributed by atoms with van der Waals surface area (Å²) in [5.41, 5.74) is 0.862. The minimum atomic E-state index is -1.26. The van der Waals surface area contributed by atoms with Crippen molar-refractivity contribution < 1.29 is 49.0 Å². The molecule has 0 spiro atoms. The van der Waals surface area contributed by atoms with E-state index in [1.54, 1.807) is 13.8 Å². The van der Waals surface area contributed by atoms with Crippen LogP contribution in [0.5, 0.6) is 0 Å². The van der Waals surface area contributed by atoms with Crippen molar-refractivity contribution in [3.05, 3.63) is 35.9 Å². The molecule has 0 bridgehead atoms. The van der Waals surface area contributed by atoms with Gasteiger partial charge in [-0.25, -0.2) is 0 Å². The van der Waals surface area contributed by atoms with Gasteiger partial charge in [-0.1, -0.05) is 30.3 Å². The molecule has 2 aliphatic rings. The molecule has 24 heavy (non-hydrogen) atoms. The molecule has 2 aliphatic heterocycles. The Hall–Kier alpha value is -1.02. The summed E-state index contributed by atoms with van der Waals surface area (Å²) in [7, 11) is 0. The van der Waals surface area contributed by atoms with Crippen molar-refractivity contribution in [3.63, 3.8) is 0 Å². The molecular weight excluding hydrogens is 339 g/mol. The molecule has 6 nitrogen and oxygen atoms in total. The Morgan fingerprint density at radius 3 is 2.50 bits per heavy atom. The minimum absolute atomic E-state index is 0. The first-order valence-corrected chi connectivity index (χ1v) is 8.23. The van der Waals surface area contributed by atoms with Crippen molar-refractivity contribution in [2.24, 2.45) is 0 Å². The number of β-lactam (4-membered cyclic amide) rings is 1. The van der Waals surface area contributed by atoms with Crippen molar-refractivity contribution in [1.29, 1.82) is 0 Å². The Bertz CT molecular complexity index is 667. The topological polar surface area (TPSA) is 89.5 Å². The second kappa shape index (κ2) is 7.07. The predicted molar refractivity (Wildman–Crippen MR) is 83.2 cm³/mol. The van der Waals surface area contributed by atoms with Crippen LogP contribution in [0.4, 0.5) is 0 Å². The normalized spacial score (nSPS) is 26.8. The van der Waals surface area contributed by atoms with Crippen LogP contribution in [-0.4, -0.2) is 44.9 Å². The van der Waals surface area contributed by atoms with Crippen molar-refractivity contribution >= 4 is 29.5 Å². The van der Waals surface area contributed by atoms with Gasteiger partial charge in [-0.15, -0.1) is 11.8 Å². The average molecular weight is 356 g/mol. The van der Waals surface area contributed by atoms with Crippen LogP contribution in [0.15, 0.2) is 30.3 Å². The summed E-state index contributed by atoms with van der Waals surface area (Å²) in [5, 5.41) is 13.7. The zero-order valence-electron chi connectivity index (χ0n) is 13.8. The Morgan fingerprint density at radius 1 is 1.29 bits per heavy atom. The number of aliphatic carboxylic acids is 1. The average Bonchev–Trinajstić information content (AvgIpc) is 2.74. The molecule has 3 rings (SSSR count). The van der Waals surface area contributed by atoms with E-state index in [1.165, 1.54) is 16.7 Å². The van der Waals surface area contributed by atoms with Crippen LogP contribution in [-0.2, 0) is 20.8 Å². The van der Waals surface area contributed by atoms with Crippen molar-refractivity contribution in [2.75, 3.05) is 0 Å². The largest absolute Gasteiger partial charge is 1.00 e. The smallest absolute Gasteiger partial charge is 0.548 e. The van der Waals surface area contributed by atoms with Crippen LogP contribution in [0.2, 0.25) is 0 Å². The number of carbonyl (C=O) groups is 3. The second-order valence-corrected chi connectivity index (χ2v) is 8.06. The van der Waals surface area contributed by atoms with E-state index >= 15 is 0 Å². The summed E-state index contributed by atoms with van der Waals surface area (Å²) >= 11 is 1.38. The van der Waals surface area contributed by atoms with Gasteiger partial charge < -0.3 is 20.1 Å². The molecule has 2 fully saturated rings. The van der Waals surface area contributed by atoms with Gasteiger partial charge in [0.15, 0.2) is 0 Å². The van der Waals surface area contributed by atoms with E-state index in [0.29, 0.717) is 0 Å². The fourth-order valence-electron chi connectivity index (χ4n) is 3.13. The molecule has 2 unspecified atom stereocenters. The van der Waals surface area contributed by atoms with E-state index < -0.39 is 22.8 Å². The monoisotopic (exact) mass is 356 g/mol. The van der Waals surface area contributed by atoms with Crippen LogP contribution in [0.25, 0.3) is 0 Å². The number of thioether (sulfide) groups is 1. The van der Waals surface area contributed by atoms with Crippen LogP contribution in [0.3, 0.4) is 0 Å².